The fourth-order valence-electron chi connectivity index (χ4n) is 11.5. The van der Waals surface area contributed by atoms with Gasteiger partial charge in [-0.25, -0.2) is 0 Å². The molecule has 1 aliphatic carbocycles. The first kappa shape index (κ1) is 44.3. The number of rotatable bonds is 7. The maximum atomic E-state index is 12.2. The summed E-state index contributed by atoms with van der Waals surface area (Å²) in [5.41, 5.74) is 22.3. The van der Waals surface area contributed by atoms with Crippen molar-refractivity contribution in [3.05, 3.63) is 167 Å². The van der Waals surface area contributed by atoms with Crippen LogP contribution in [0.1, 0.15) is 142 Å². The molecule has 0 fully saturated rings. The van der Waals surface area contributed by atoms with Gasteiger partial charge in [-0.15, -0.1) is 0 Å². The molecular weight excluding hydrogens is 988 g/mol. The standard InChI is InChI=1S/C60H67N2O2.Pb/c1-59(2,3)48-35-47(36-49(39-48)60(4,5)6)54-43(17-10-18-44(54)28-26-42-29-34-64-58-51-22-14-33-62-31-12-20-46(56(51)62)38-53(42)58)27-25-41(24-23-40-15-8-7-9-16-40)52-37-45-19-11-30-61-32-13-21-50(55(45)61)57(52)63;/h7-9,15-16,24-29,35-39,63H,10-14,17-23,30-33H2,1-6H3;/b27-25+,41-24-,42-26+,44-28+;. The Hall–Kier alpha value is -4.56. The average Bonchev–Trinajstić information content (AvgIpc) is 3.29. The quantitative estimate of drug-likeness (QED) is 0.148. The van der Waals surface area contributed by atoms with Crippen molar-refractivity contribution < 1.29 is 9.84 Å². The van der Waals surface area contributed by atoms with Gasteiger partial charge in [-0.05, 0) is 49.3 Å². The third-order valence-corrected chi connectivity index (χ3v) is 15.9. The van der Waals surface area contributed by atoms with Gasteiger partial charge in [0, 0.05) is 24.3 Å². The first-order valence-electron chi connectivity index (χ1n) is 24.7. The second-order valence-electron chi connectivity index (χ2n) is 21.5. The molecule has 0 aromatic heterocycles. The molecule has 333 valence electrons. The second kappa shape index (κ2) is 17.9. The minimum atomic E-state index is -0.00665. The summed E-state index contributed by atoms with van der Waals surface area (Å²) in [4.78, 5) is 5.16. The number of hydrogen-bond donors (Lipinski definition) is 1. The summed E-state index contributed by atoms with van der Waals surface area (Å²) in [7, 11) is 0. The number of benzene rings is 4. The number of nitrogens with zero attached hydrogens (tertiary/aromatic N) is 2. The van der Waals surface area contributed by atoms with Gasteiger partial charge in [0.1, 0.15) is 5.75 Å². The van der Waals surface area contributed by atoms with Crippen LogP contribution in [0.5, 0.6) is 11.5 Å². The van der Waals surface area contributed by atoms with Gasteiger partial charge in [-0.2, -0.15) is 0 Å². The molecule has 10 rings (SSSR count). The van der Waals surface area contributed by atoms with Crippen LogP contribution in [0.25, 0.3) is 16.7 Å². The minimum absolute atomic E-state index is 0.00665. The van der Waals surface area contributed by atoms with Gasteiger partial charge in [0.25, 0.3) is 0 Å². The van der Waals surface area contributed by atoms with E-state index in [1.165, 1.54) is 97.4 Å². The van der Waals surface area contributed by atoms with Crippen LogP contribution in [0, 0.1) is 0 Å². The predicted molar refractivity (Wildman–Crippen MR) is 275 cm³/mol. The Morgan fingerprint density at radius 3 is 2.02 bits per heavy atom. The van der Waals surface area contributed by atoms with Crippen molar-refractivity contribution in [3.63, 3.8) is 0 Å². The van der Waals surface area contributed by atoms with Crippen LogP contribution in [0.3, 0.4) is 0 Å². The van der Waals surface area contributed by atoms with Crippen LogP contribution in [0.15, 0.2) is 112 Å². The molecule has 4 aromatic rings. The van der Waals surface area contributed by atoms with E-state index in [9.17, 15) is 5.11 Å². The van der Waals surface area contributed by atoms with Crippen molar-refractivity contribution >= 4 is 53.9 Å². The number of ether oxygens (including phenoxy) is 1. The molecule has 0 saturated carbocycles. The summed E-state index contributed by atoms with van der Waals surface area (Å²) in [5, 5.41) is 12.2. The zero-order valence-corrected chi connectivity index (χ0v) is 43.7. The molecule has 65 heavy (non-hydrogen) atoms. The van der Waals surface area contributed by atoms with Crippen LogP contribution in [0.2, 0.25) is 0 Å². The SMILES string of the molecule is CC(C)(C)c1cc(C2=C(/C=C/C(=C/Cc3ccccc3)c3cc4c5c(c3O)CCCN5CCC4)CCC/C2=C\C=C2/C=[C]([Pb])Oc3c2cc2c4c3CCCN4CCC2)cc(C(C)(C)C)c1. The van der Waals surface area contributed by atoms with E-state index in [1.807, 2.05) is 0 Å². The number of phenolic OH excluding ortho intramolecular Hbond substituents is 1. The fraction of sp³-hybridized carbons (Fsp3) is 0.400. The van der Waals surface area contributed by atoms with Gasteiger partial charge in [0.2, 0.25) is 0 Å². The number of phenols is 1. The molecule has 5 heterocycles. The number of aromatic hydroxyl groups is 1. The third-order valence-electron chi connectivity index (χ3n) is 14.9. The van der Waals surface area contributed by atoms with E-state index >= 15 is 0 Å². The number of hydrogen-bond acceptors (Lipinski definition) is 4. The van der Waals surface area contributed by atoms with Gasteiger partial charge in [-0.3, -0.25) is 0 Å². The van der Waals surface area contributed by atoms with Gasteiger partial charge < -0.3 is 10.0 Å². The molecule has 1 N–H and O–H groups in total. The van der Waals surface area contributed by atoms with E-state index < -0.39 is 0 Å². The van der Waals surface area contributed by atoms with Crippen LogP contribution in [0.4, 0.5) is 11.4 Å². The van der Waals surface area contributed by atoms with Crippen molar-refractivity contribution in [2.24, 2.45) is 0 Å². The zero-order valence-electron chi connectivity index (χ0n) is 39.8. The van der Waals surface area contributed by atoms with E-state index in [0.29, 0.717) is 5.75 Å². The number of anilines is 2. The van der Waals surface area contributed by atoms with Crippen LogP contribution < -0.4 is 14.5 Å². The first-order valence-corrected chi connectivity index (χ1v) is 26.7. The van der Waals surface area contributed by atoms with Crippen molar-refractivity contribution in [1.29, 1.82) is 0 Å². The summed E-state index contributed by atoms with van der Waals surface area (Å²) in [5.74, 6) is 1.59. The Morgan fingerprint density at radius 1 is 0.708 bits per heavy atom. The Morgan fingerprint density at radius 2 is 1.34 bits per heavy atom. The molecule has 5 heteroatoms. The van der Waals surface area contributed by atoms with Gasteiger partial charge in [-0.1, -0.05) is 30.3 Å². The molecule has 4 nitrogen and oxygen atoms in total. The van der Waals surface area contributed by atoms with Crippen LogP contribution >= 0.6 is 0 Å². The second-order valence-corrected chi connectivity index (χ2v) is 23.5. The molecule has 3 radical (unpaired) electrons. The number of allylic oxidation sites excluding steroid dienone is 11. The number of aryl methyl sites for hydroxylation is 2. The first-order chi connectivity index (χ1) is 31.3. The zero-order chi connectivity index (χ0) is 45.0. The monoisotopic (exact) mass is 1060 g/mol. The van der Waals surface area contributed by atoms with Crippen LogP contribution in [-0.2, 0) is 42.9 Å². The van der Waals surface area contributed by atoms with Crippen molar-refractivity contribution in [1.82, 2.24) is 0 Å². The van der Waals surface area contributed by atoms with E-state index in [1.54, 1.807) is 0 Å². The molecule has 0 unspecified atom stereocenters. The van der Waals surface area contributed by atoms with E-state index in [2.05, 4.69) is 148 Å². The third kappa shape index (κ3) is 8.90. The van der Waals surface area contributed by atoms with Crippen molar-refractivity contribution in [2.45, 2.75) is 129 Å². The van der Waals surface area contributed by atoms with E-state index in [-0.39, 0.29) is 10.8 Å². The van der Waals surface area contributed by atoms with E-state index in [4.69, 9.17) is 4.74 Å². The maximum absolute atomic E-state index is 12.2. The summed E-state index contributed by atoms with van der Waals surface area (Å²) in [6, 6.07) is 23.0. The molecule has 0 amide bonds. The summed E-state index contributed by atoms with van der Waals surface area (Å²) >= 11 is 0.863. The fourth-order valence-corrected chi connectivity index (χ4v) is 12.5. The topological polar surface area (TPSA) is 35.9 Å². The number of fused-ring (bicyclic) bond motifs is 2. The molecule has 0 bridgehead atoms. The van der Waals surface area contributed by atoms with Crippen molar-refractivity contribution in [3.8, 4) is 11.5 Å². The Balaban J connectivity index is 1.14. The van der Waals surface area contributed by atoms with E-state index in [0.717, 1.165) is 136 Å². The normalized spacial score (nSPS) is 19.9. The van der Waals surface area contributed by atoms with Gasteiger partial charge >= 0.3 is 288 Å². The Labute approximate surface area is 405 Å². The summed E-state index contributed by atoms with van der Waals surface area (Å²) in [6.45, 7) is 18.6. The molecular formula is C60H67N2O2Pb. The molecule has 6 aliphatic rings. The van der Waals surface area contributed by atoms with Gasteiger partial charge in [0.15, 0.2) is 0 Å². The molecule has 0 spiro atoms. The predicted octanol–water partition coefficient (Wildman–Crippen LogP) is 13.6. The van der Waals surface area contributed by atoms with Crippen molar-refractivity contribution in [2.75, 3.05) is 36.0 Å². The Kier molecular flexibility index (Phi) is 12.2. The van der Waals surface area contributed by atoms with Gasteiger partial charge in [0.05, 0.1) is 0 Å². The molecule has 0 saturated heterocycles. The van der Waals surface area contributed by atoms with Crippen LogP contribution in [-0.4, -0.2) is 57.1 Å². The molecule has 5 aliphatic heterocycles. The summed E-state index contributed by atoms with van der Waals surface area (Å²) < 4.78 is 7.81. The summed E-state index contributed by atoms with van der Waals surface area (Å²) in [6.07, 6.45) is 27.2. The average molecular weight is 1060 g/mol. The Bertz CT molecular complexity index is 2690. The molecule has 4 aromatic carbocycles. The molecule has 0 atom stereocenters.